The Morgan fingerprint density at radius 3 is 2.45 bits per heavy atom. The number of carbonyl (C=O) groups excluding carboxylic acids is 1. The standard InChI is InChI=1S/C15H22N2O3/c1-15(2,3)20-14(19)17-10-4-9-16(11-17)12-5-7-13(18)8-6-12/h5-8,18H,4,9-11H2,1-3H3. The lowest BCUT2D eigenvalue weighted by atomic mass is 10.2. The first-order valence-electron chi connectivity index (χ1n) is 6.87. The predicted molar refractivity (Wildman–Crippen MR) is 77.9 cm³/mol. The van der Waals surface area contributed by atoms with Crippen molar-refractivity contribution in [1.82, 2.24) is 4.90 Å². The van der Waals surface area contributed by atoms with Crippen LogP contribution in [0.15, 0.2) is 24.3 Å². The molecule has 0 radical (unpaired) electrons. The largest absolute Gasteiger partial charge is 0.508 e. The van der Waals surface area contributed by atoms with E-state index >= 15 is 0 Å². The highest BCUT2D eigenvalue weighted by Crippen LogP contribution is 2.22. The molecule has 5 heteroatoms. The molecule has 1 amide bonds. The fourth-order valence-electron chi connectivity index (χ4n) is 2.15. The number of amides is 1. The van der Waals surface area contributed by atoms with E-state index in [2.05, 4.69) is 4.90 Å². The number of nitrogens with zero attached hydrogens (tertiary/aromatic N) is 2. The summed E-state index contributed by atoms with van der Waals surface area (Å²) in [5.41, 5.74) is 0.522. The fraction of sp³-hybridized carbons (Fsp3) is 0.533. The van der Waals surface area contributed by atoms with Gasteiger partial charge in [-0.25, -0.2) is 4.79 Å². The van der Waals surface area contributed by atoms with Crippen molar-refractivity contribution in [2.24, 2.45) is 0 Å². The van der Waals surface area contributed by atoms with Crippen LogP contribution in [0.1, 0.15) is 27.2 Å². The van der Waals surface area contributed by atoms with Crippen molar-refractivity contribution in [3.8, 4) is 5.75 Å². The molecule has 0 atom stereocenters. The van der Waals surface area contributed by atoms with E-state index in [9.17, 15) is 9.90 Å². The van der Waals surface area contributed by atoms with Gasteiger partial charge in [-0.1, -0.05) is 0 Å². The highest BCUT2D eigenvalue weighted by atomic mass is 16.6. The molecule has 1 fully saturated rings. The minimum Gasteiger partial charge on any atom is -0.508 e. The Labute approximate surface area is 119 Å². The summed E-state index contributed by atoms with van der Waals surface area (Å²) in [4.78, 5) is 15.9. The number of phenolic OH excluding ortho intramolecular Hbond substituents is 1. The van der Waals surface area contributed by atoms with Crippen LogP contribution in [0.25, 0.3) is 0 Å². The van der Waals surface area contributed by atoms with Crippen molar-refractivity contribution in [3.05, 3.63) is 24.3 Å². The third kappa shape index (κ3) is 3.79. The molecule has 0 aliphatic carbocycles. The van der Waals surface area contributed by atoms with Crippen molar-refractivity contribution in [3.63, 3.8) is 0 Å². The van der Waals surface area contributed by atoms with Gasteiger partial charge in [-0.15, -0.1) is 0 Å². The van der Waals surface area contributed by atoms with Crippen LogP contribution in [0.3, 0.4) is 0 Å². The first-order valence-corrected chi connectivity index (χ1v) is 6.87. The second-order valence-corrected chi connectivity index (χ2v) is 6.02. The molecule has 0 saturated carbocycles. The lowest BCUT2D eigenvalue weighted by Gasteiger charge is -2.37. The molecule has 1 aliphatic rings. The number of hydrogen-bond donors (Lipinski definition) is 1. The molecule has 0 bridgehead atoms. The van der Waals surface area contributed by atoms with Gasteiger partial charge in [-0.05, 0) is 51.5 Å². The first-order chi connectivity index (χ1) is 9.35. The molecule has 0 unspecified atom stereocenters. The molecule has 0 aromatic heterocycles. The van der Waals surface area contributed by atoms with Crippen LogP contribution in [-0.4, -0.2) is 41.5 Å². The summed E-state index contributed by atoms with van der Waals surface area (Å²) in [5, 5.41) is 9.32. The van der Waals surface area contributed by atoms with Crippen LogP contribution in [0.2, 0.25) is 0 Å². The first kappa shape index (κ1) is 14.5. The minimum absolute atomic E-state index is 0.245. The second kappa shape index (κ2) is 5.61. The number of ether oxygens (including phenoxy) is 1. The third-order valence-electron chi connectivity index (χ3n) is 3.06. The average molecular weight is 278 g/mol. The Morgan fingerprint density at radius 1 is 1.20 bits per heavy atom. The van der Waals surface area contributed by atoms with Crippen molar-refractivity contribution in [2.45, 2.75) is 32.8 Å². The number of hydrogen-bond acceptors (Lipinski definition) is 4. The van der Waals surface area contributed by atoms with Gasteiger partial charge in [-0.3, -0.25) is 4.90 Å². The Balaban J connectivity index is 2.01. The van der Waals surface area contributed by atoms with Gasteiger partial charge in [0.15, 0.2) is 0 Å². The molecule has 1 N–H and O–H groups in total. The van der Waals surface area contributed by atoms with Crippen LogP contribution in [0, 0.1) is 0 Å². The highest BCUT2D eigenvalue weighted by molar-refractivity contribution is 5.69. The maximum Gasteiger partial charge on any atom is 0.411 e. The summed E-state index contributed by atoms with van der Waals surface area (Å²) in [6.45, 7) is 7.72. The van der Waals surface area contributed by atoms with Crippen molar-refractivity contribution in [1.29, 1.82) is 0 Å². The van der Waals surface area contributed by atoms with Crippen molar-refractivity contribution >= 4 is 11.8 Å². The Hall–Kier alpha value is -1.91. The zero-order chi connectivity index (χ0) is 14.8. The van der Waals surface area contributed by atoms with E-state index in [4.69, 9.17) is 4.74 Å². The molecular weight excluding hydrogens is 256 g/mol. The summed E-state index contributed by atoms with van der Waals surface area (Å²) >= 11 is 0. The average Bonchev–Trinajstić information content (AvgIpc) is 2.38. The van der Waals surface area contributed by atoms with Crippen LogP contribution in [0.4, 0.5) is 10.5 Å². The molecule has 0 spiro atoms. The van der Waals surface area contributed by atoms with E-state index in [1.807, 2.05) is 32.9 Å². The number of benzene rings is 1. The zero-order valence-electron chi connectivity index (χ0n) is 12.3. The molecule has 5 nitrogen and oxygen atoms in total. The van der Waals surface area contributed by atoms with Gasteiger partial charge in [0, 0.05) is 18.8 Å². The third-order valence-corrected chi connectivity index (χ3v) is 3.06. The maximum absolute atomic E-state index is 12.1. The predicted octanol–water partition coefficient (Wildman–Crippen LogP) is 2.80. The van der Waals surface area contributed by atoms with Gasteiger partial charge in [0.25, 0.3) is 0 Å². The maximum atomic E-state index is 12.1. The molecule has 2 rings (SSSR count). The van der Waals surface area contributed by atoms with Gasteiger partial charge < -0.3 is 14.7 Å². The summed E-state index contributed by atoms with van der Waals surface area (Å²) in [6.07, 6.45) is 0.626. The van der Waals surface area contributed by atoms with Gasteiger partial charge in [0.05, 0.1) is 6.67 Å². The van der Waals surface area contributed by atoms with Gasteiger partial charge in [-0.2, -0.15) is 0 Å². The van der Waals surface area contributed by atoms with E-state index < -0.39 is 5.60 Å². The van der Waals surface area contributed by atoms with Gasteiger partial charge >= 0.3 is 6.09 Å². The van der Waals surface area contributed by atoms with Gasteiger partial charge in [0.1, 0.15) is 11.4 Å². The second-order valence-electron chi connectivity index (χ2n) is 6.02. The Bertz CT molecular complexity index is 465. The number of rotatable bonds is 1. The van der Waals surface area contributed by atoms with Crippen LogP contribution in [0.5, 0.6) is 5.75 Å². The summed E-state index contributed by atoms with van der Waals surface area (Å²) in [5.74, 6) is 0.245. The van der Waals surface area contributed by atoms with E-state index in [0.29, 0.717) is 13.2 Å². The SMILES string of the molecule is CC(C)(C)OC(=O)N1CCCN(c2ccc(O)cc2)C1. The quantitative estimate of drug-likeness (QED) is 0.858. The van der Waals surface area contributed by atoms with Crippen molar-refractivity contribution < 1.29 is 14.6 Å². The van der Waals surface area contributed by atoms with E-state index in [1.54, 1.807) is 17.0 Å². The minimum atomic E-state index is -0.474. The lowest BCUT2D eigenvalue weighted by molar-refractivity contribution is 0.0226. The Kier molecular flexibility index (Phi) is 4.06. The number of anilines is 1. The number of aromatic hydroxyl groups is 1. The summed E-state index contributed by atoms with van der Waals surface area (Å²) in [7, 11) is 0. The molecule has 1 aromatic rings. The molecule has 20 heavy (non-hydrogen) atoms. The lowest BCUT2D eigenvalue weighted by Crippen LogP contribution is -2.49. The molecule has 1 aromatic carbocycles. The molecule has 1 aliphatic heterocycles. The smallest absolute Gasteiger partial charge is 0.411 e. The molecule has 1 heterocycles. The van der Waals surface area contributed by atoms with E-state index in [0.717, 1.165) is 18.7 Å². The van der Waals surface area contributed by atoms with Crippen LogP contribution >= 0.6 is 0 Å². The topological polar surface area (TPSA) is 53.0 Å². The summed E-state index contributed by atoms with van der Waals surface area (Å²) in [6, 6.07) is 7.02. The zero-order valence-corrected chi connectivity index (χ0v) is 12.3. The Morgan fingerprint density at radius 2 is 1.85 bits per heavy atom. The number of carbonyl (C=O) groups is 1. The van der Waals surface area contributed by atoms with Crippen LogP contribution in [-0.2, 0) is 4.74 Å². The van der Waals surface area contributed by atoms with E-state index in [1.165, 1.54) is 0 Å². The molecular formula is C15H22N2O3. The van der Waals surface area contributed by atoms with Crippen LogP contribution < -0.4 is 4.90 Å². The van der Waals surface area contributed by atoms with Gasteiger partial charge in [0.2, 0.25) is 0 Å². The summed E-state index contributed by atoms with van der Waals surface area (Å²) < 4.78 is 5.40. The normalized spacial score (nSPS) is 16.1. The van der Waals surface area contributed by atoms with E-state index in [-0.39, 0.29) is 11.8 Å². The number of phenols is 1. The monoisotopic (exact) mass is 278 g/mol. The van der Waals surface area contributed by atoms with Crippen molar-refractivity contribution in [2.75, 3.05) is 24.7 Å². The fourth-order valence-corrected chi connectivity index (χ4v) is 2.15. The molecule has 110 valence electrons. The highest BCUT2D eigenvalue weighted by Gasteiger charge is 2.26. The molecule has 1 saturated heterocycles.